The SMILES string of the molecule is CCNC(=NCCn1ccnn1)NN. The van der Waals surface area contributed by atoms with Crippen molar-refractivity contribution < 1.29 is 0 Å². The molecule has 4 N–H and O–H groups in total. The summed E-state index contributed by atoms with van der Waals surface area (Å²) in [6.07, 6.45) is 3.43. The van der Waals surface area contributed by atoms with E-state index in [9.17, 15) is 0 Å². The fourth-order valence-electron chi connectivity index (χ4n) is 0.936. The molecule has 0 saturated carbocycles. The van der Waals surface area contributed by atoms with Gasteiger partial charge in [-0.15, -0.1) is 5.10 Å². The van der Waals surface area contributed by atoms with Gasteiger partial charge in [0.2, 0.25) is 5.96 Å². The molecule has 1 aromatic rings. The molecule has 1 rings (SSSR count). The first kappa shape index (κ1) is 10.5. The van der Waals surface area contributed by atoms with Gasteiger partial charge >= 0.3 is 0 Å². The second kappa shape index (κ2) is 5.92. The molecular weight excluding hydrogens is 182 g/mol. The lowest BCUT2D eigenvalue weighted by Crippen LogP contribution is -2.41. The van der Waals surface area contributed by atoms with Crippen LogP contribution >= 0.6 is 0 Å². The standard InChI is InChI=1S/C7H15N7/c1-2-9-7(12-8)10-3-5-14-6-4-11-13-14/h4,6H,2-3,5,8H2,1H3,(H2,9,10,12). The number of nitrogens with zero attached hydrogens (tertiary/aromatic N) is 4. The predicted octanol–water partition coefficient (Wildman–Crippen LogP) is -1.29. The van der Waals surface area contributed by atoms with Crippen LogP contribution in [-0.2, 0) is 6.54 Å². The average Bonchev–Trinajstić information content (AvgIpc) is 2.69. The zero-order chi connectivity index (χ0) is 10.2. The average molecular weight is 197 g/mol. The summed E-state index contributed by atoms with van der Waals surface area (Å²) in [6.45, 7) is 4.06. The Hall–Kier alpha value is -1.63. The Labute approximate surface area is 82.4 Å². The second-order valence-electron chi connectivity index (χ2n) is 2.57. The number of nitrogens with two attached hydrogens (primary N) is 1. The minimum atomic E-state index is 0.590. The monoisotopic (exact) mass is 197 g/mol. The van der Waals surface area contributed by atoms with Gasteiger partial charge in [-0.1, -0.05) is 5.21 Å². The van der Waals surface area contributed by atoms with E-state index in [1.54, 1.807) is 17.1 Å². The molecule has 0 aliphatic carbocycles. The van der Waals surface area contributed by atoms with Crippen LogP contribution in [0.5, 0.6) is 0 Å². The highest BCUT2D eigenvalue weighted by molar-refractivity contribution is 5.78. The summed E-state index contributed by atoms with van der Waals surface area (Å²) in [4.78, 5) is 4.19. The van der Waals surface area contributed by atoms with Crippen molar-refractivity contribution in [2.24, 2.45) is 10.8 Å². The van der Waals surface area contributed by atoms with E-state index in [2.05, 4.69) is 26.0 Å². The number of rotatable bonds is 4. The summed E-state index contributed by atoms with van der Waals surface area (Å²) in [5.74, 6) is 5.83. The normalized spacial score (nSPS) is 11.4. The molecule has 7 nitrogen and oxygen atoms in total. The fourth-order valence-corrected chi connectivity index (χ4v) is 0.936. The second-order valence-corrected chi connectivity index (χ2v) is 2.57. The first-order valence-electron chi connectivity index (χ1n) is 4.46. The molecule has 0 amide bonds. The lowest BCUT2D eigenvalue weighted by Gasteiger charge is -2.05. The zero-order valence-electron chi connectivity index (χ0n) is 8.14. The maximum atomic E-state index is 5.24. The van der Waals surface area contributed by atoms with Crippen molar-refractivity contribution in [2.75, 3.05) is 13.1 Å². The topological polar surface area (TPSA) is 93.1 Å². The highest BCUT2D eigenvalue weighted by atomic mass is 15.4. The molecular formula is C7H15N7. The minimum Gasteiger partial charge on any atom is -0.356 e. The molecule has 0 aliphatic rings. The third kappa shape index (κ3) is 3.40. The summed E-state index contributed by atoms with van der Waals surface area (Å²) >= 11 is 0. The highest BCUT2D eigenvalue weighted by Gasteiger charge is 1.93. The van der Waals surface area contributed by atoms with Crippen molar-refractivity contribution >= 4 is 5.96 Å². The Morgan fingerprint density at radius 3 is 3.07 bits per heavy atom. The molecule has 0 fully saturated rings. The molecule has 78 valence electrons. The lowest BCUT2D eigenvalue weighted by atomic mass is 10.6. The van der Waals surface area contributed by atoms with E-state index in [4.69, 9.17) is 5.84 Å². The smallest absolute Gasteiger partial charge is 0.205 e. The van der Waals surface area contributed by atoms with Crippen LogP contribution in [0.4, 0.5) is 0 Å². The van der Waals surface area contributed by atoms with E-state index in [1.165, 1.54) is 0 Å². The number of nitrogens with one attached hydrogen (secondary N) is 2. The van der Waals surface area contributed by atoms with Crippen LogP contribution in [0.25, 0.3) is 0 Å². The fraction of sp³-hybridized carbons (Fsp3) is 0.571. The van der Waals surface area contributed by atoms with E-state index in [-0.39, 0.29) is 0 Å². The molecule has 0 atom stereocenters. The predicted molar refractivity (Wildman–Crippen MR) is 53.3 cm³/mol. The van der Waals surface area contributed by atoms with E-state index in [0.29, 0.717) is 19.0 Å². The third-order valence-electron chi connectivity index (χ3n) is 1.55. The molecule has 7 heteroatoms. The van der Waals surface area contributed by atoms with Crippen LogP contribution in [-0.4, -0.2) is 34.0 Å². The summed E-state index contributed by atoms with van der Waals surface area (Å²) in [5, 5.41) is 10.5. The van der Waals surface area contributed by atoms with Gasteiger partial charge in [0.05, 0.1) is 19.3 Å². The summed E-state index contributed by atoms with van der Waals surface area (Å²) in [6, 6.07) is 0. The molecule has 0 saturated heterocycles. The van der Waals surface area contributed by atoms with Gasteiger partial charge in [0.1, 0.15) is 0 Å². The van der Waals surface area contributed by atoms with Crippen molar-refractivity contribution in [2.45, 2.75) is 13.5 Å². The van der Waals surface area contributed by atoms with Crippen LogP contribution in [0, 0.1) is 0 Å². The van der Waals surface area contributed by atoms with Crippen molar-refractivity contribution in [1.29, 1.82) is 0 Å². The number of hydrogen-bond acceptors (Lipinski definition) is 4. The number of guanidine groups is 1. The Morgan fingerprint density at radius 2 is 2.50 bits per heavy atom. The van der Waals surface area contributed by atoms with Crippen LogP contribution in [0.3, 0.4) is 0 Å². The van der Waals surface area contributed by atoms with Gasteiger partial charge in [-0.2, -0.15) is 0 Å². The molecule has 1 aromatic heterocycles. The zero-order valence-corrected chi connectivity index (χ0v) is 8.14. The van der Waals surface area contributed by atoms with Gasteiger partial charge in [-0.05, 0) is 6.92 Å². The summed E-state index contributed by atoms with van der Waals surface area (Å²) in [5.41, 5.74) is 2.48. The summed E-state index contributed by atoms with van der Waals surface area (Å²) in [7, 11) is 0. The maximum absolute atomic E-state index is 5.24. The Kier molecular flexibility index (Phi) is 4.42. The van der Waals surface area contributed by atoms with Crippen LogP contribution in [0.1, 0.15) is 6.92 Å². The van der Waals surface area contributed by atoms with Gasteiger partial charge in [0, 0.05) is 12.7 Å². The Morgan fingerprint density at radius 1 is 1.64 bits per heavy atom. The Balaban J connectivity index is 2.30. The van der Waals surface area contributed by atoms with Crippen molar-refractivity contribution in [1.82, 2.24) is 25.7 Å². The van der Waals surface area contributed by atoms with Gasteiger partial charge in [0.15, 0.2) is 0 Å². The number of aromatic nitrogens is 3. The molecule has 0 radical (unpaired) electrons. The van der Waals surface area contributed by atoms with Crippen molar-refractivity contribution in [3.05, 3.63) is 12.4 Å². The molecule has 1 heterocycles. The molecule has 0 aromatic carbocycles. The van der Waals surface area contributed by atoms with Crippen LogP contribution in [0.15, 0.2) is 17.4 Å². The molecule has 0 spiro atoms. The highest BCUT2D eigenvalue weighted by Crippen LogP contribution is 1.81. The third-order valence-corrected chi connectivity index (χ3v) is 1.55. The van der Waals surface area contributed by atoms with Crippen LogP contribution < -0.4 is 16.6 Å². The van der Waals surface area contributed by atoms with Crippen molar-refractivity contribution in [3.63, 3.8) is 0 Å². The van der Waals surface area contributed by atoms with Gasteiger partial charge < -0.3 is 5.32 Å². The van der Waals surface area contributed by atoms with Crippen molar-refractivity contribution in [3.8, 4) is 0 Å². The maximum Gasteiger partial charge on any atom is 0.205 e. The number of hydrogen-bond donors (Lipinski definition) is 3. The first-order chi connectivity index (χ1) is 6.86. The molecule has 14 heavy (non-hydrogen) atoms. The van der Waals surface area contributed by atoms with Crippen LogP contribution in [0.2, 0.25) is 0 Å². The van der Waals surface area contributed by atoms with E-state index < -0.39 is 0 Å². The van der Waals surface area contributed by atoms with E-state index >= 15 is 0 Å². The van der Waals surface area contributed by atoms with Gasteiger partial charge in [-0.3, -0.25) is 15.1 Å². The van der Waals surface area contributed by atoms with E-state index in [0.717, 1.165) is 6.54 Å². The largest absolute Gasteiger partial charge is 0.356 e. The molecule has 0 unspecified atom stereocenters. The van der Waals surface area contributed by atoms with E-state index in [1.807, 2.05) is 6.92 Å². The van der Waals surface area contributed by atoms with Gasteiger partial charge in [0.25, 0.3) is 0 Å². The lowest BCUT2D eigenvalue weighted by molar-refractivity contribution is 0.596. The Bertz CT molecular complexity index is 266. The van der Waals surface area contributed by atoms with Gasteiger partial charge in [-0.25, -0.2) is 5.84 Å². The first-order valence-corrected chi connectivity index (χ1v) is 4.46. The quantitative estimate of drug-likeness (QED) is 0.241. The number of hydrazine groups is 1. The summed E-state index contributed by atoms with van der Waals surface area (Å²) < 4.78 is 1.71. The molecule has 0 aliphatic heterocycles. The minimum absolute atomic E-state index is 0.590. The number of aliphatic imine (C=N–C) groups is 1. The molecule has 0 bridgehead atoms.